The molecule has 0 saturated carbocycles. The molecule has 1 N–H and O–H groups in total. The summed E-state index contributed by atoms with van der Waals surface area (Å²) in [6.07, 6.45) is 1.45. The number of nitrogens with zero attached hydrogens (tertiary/aromatic N) is 2. The third-order valence-electron chi connectivity index (χ3n) is 3.31. The summed E-state index contributed by atoms with van der Waals surface area (Å²) in [6.45, 7) is -0.117. The fraction of sp³-hybridized carbons (Fsp3) is 0.105. The highest BCUT2D eigenvalue weighted by molar-refractivity contribution is 14.1. The van der Waals surface area contributed by atoms with E-state index in [0.29, 0.717) is 31.3 Å². The molecular formula is C19H13ClIN3O3. The van der Waals surface area contributed by atoms with Gasteiger partial charge in [0.05, 0.1) is 10.7 Å². The van der Waals surface area contributed by atoms with Gasteiger partial charge in [0.1, 0.15) is 17.7 Å². The molecule has 1 amide bonds. The van der Waals surface area contributed by atoms with Crippen molar-refractivity contribution in [2.24, 2.45) is 0 Å². The molecule has 0 radical (unpaired) electrons. The number of carbonyl (C=O) groups excluding carboxylic acids is 1. The van der Waals surface area contributed by atoms with Gasteiger partial charge in [-0.3, -0.25) is 4.79 Å². The van der Waals surface area contributed by atoms with Crippen molar-refractivity contribution in [2.75, 3.05) is 19.0 Å². The maximum absolute atomic E-state index is 12.4. The maximum atomic E-state index is 12.4. The fourth-order valence-corrected chi connectivity index (χ4v) is 3.02. The van der Waals surface area contributed by atoms with Gasteiger partial charge in [-0.25, -0.2) is 0 Å². The highest BCUT2D eigenvalue weighted by Crippen LogP contribution is 2.34. The molecule has 0 bridgehead atoms. The van der Waals surface area contributed by atoms with E-state index in [1.165, 1.54) is 13.2 Å². The third-order valence-corrected chi connectivity index (χ3v) is 4.36. The smallest absolute Gasteiger partial charge is 0.266 e. The molecule has 6 nitrogen and oxygen atoms in total. The number of nitriles is 2. The number of amides is 1. The summed E-state index contributed by atoms with van der Waals surface area (Å²) in [5, 5.41) is 21.2. The third kappa shape index (κ3) is 5.61. The number of ether oxygens (including phenoxy) is 2. The first kappa shape index (κ1) is 20.6. The van der Waals surface area contributed by atoms with Gasteiger partial charge < -0.3 is 14.8 Å². The second kappa shape index (κ2) is 9.81. The van der Waals surface area contributed by atoms with Crippen LogP contribution in [0.1, 0.15) is 5.56 Å². The van der Waals surface area contributed by atoms with E-state index in [-0.39, 0.29) is 12.2 Å². The Kier molecular flexibility index (Phi) is 7.47. The molecule has 0 aromatic heterocycles. The summed E-state index contributed by atoms with van der Waals surface area (Å²) in [6, 6.07) is 13.7. The number of benzene rings is 2. The standard InChI is InChI=1S/C19H13ClIN3O3/c1-26-17-10-12(9-16(21)18(17)27-7-6-22)8-13(11-23)19(25)24-15-4-2-14(20)3-5-15/h2-5,8-10H,7H2,1H3,(H,24,25)/b13-8-. The van der Waals surface area contributed by atoms with E-state index in [9.17, 15) is 10.1 Å². The van der Waals surface area contributed by atoms with Crippen LogP contribution in [0.2, 0.25) is 5.02 Å². The van der Waals surface area contributed by atoms with Gasteiger partial charge in [-0.05, 0) is 70.6 Å². The molecule has 136 valence electrons. The molecule has 2 rings (SSSR count). The molecular weight excluding hydrogens is 481 g/mol. The highest BCUT2D eigenvalue weighted by Gasteiger charge is 2.14. The molecule has 0 unspecified atom stereocenters. The van der Waals surface area contributed by atoms with Crippen molar-refractivity contribution in [3.63, 3.8) is 0 Å². The van der Waals surface area contributed by atoms with Gasteiger partial charge in [0.15, 0.2) is 18.1 Å². The van der Waals surface area contributed by atoms with Crippen molar-refractivity contribution in [2.45, 2.75) is 0 Å². The predicted molar refractivity (Wildman–Crippen MR) is 110 cm³/mol. The minimum atomic E-state index is -0.543. The van der Waals surface area contributed by atoms with Crippen LogP contribution in [0.5, 0.6) is 11.5 Å². The number of hydrogen-bond acceptors (Lipinski definition) is 5. The van der Waals surface area contributed by atoms with Crippen LogP contribution in [0, 0.1) is 26.2 Å². The van der Waals surface area contributed by atoms with Crippen molar-refractivity contribution in [3.8, 4) is 23.6 Å². The average Bonchev–Trinajstić information content (AvgIpc) is 2.66. The van der Waals surface area contributed by atoms with E-state index in [4.69, 9.17) is 26.3 Å². The summed E-state index contributed by atoms with van der Waals surface area (Å²) >= 11 is 7.85. The monoisotopic (exact) mass is 493 g/mol. The molecule has 0 aliphatic rings. The molecule has 0 saturated heterocycles. The van der Waals surface area contributed by atoms with E-state index in [2.05, 4.69) is 5.32 Å². The van der Waals surface area contributed by atoms with Crippen LogP contribution >= 0.6 is 34.2 Å². The Morgan fingerprint density at radius 3 is 2.59 bits per heavy atom. The van der Waals surface area contributed by atoms with Crippen LogP contribution < -0.4 is 14.8 Å². The zero-order chi connectivity index (χ0) is 19.8. The van der Waals surface area contributed by atoms with Gasteiger partial charge in [0.2, 0.25) is 0 Å². The van der Waals surface area contributed by atoms with Crippen LogP contribution in [-0.4, -0.2) is 19.6 Å². The first-order valence-corrected chi connectivity index (χ1v) is 9.00. The lowest BCUT2D eigenvalue weighted by Crippen LogP contribution is -2.13. The minimum Gasteiger partial charge on any atom is -0.493 e. The summed E-state index contributed by atoms with van der Waals surface area (Å²) < 4.78 is 11.3. The first-order chi connectivity index (χ1) is 13.0. The quantitative estimate of drug-likeness (QED) is 0.366. The normalized spacial score (nSPS) is 10.5. The van der Waals surface area contributed by atoms with Crippen LogP contribution in [0.25, 0.3) is 6.08 Å². The number of anilines is 1. The van der Waals surface area contributed by atoms with E-state index in [0.717, 1.165) is 0 Å². The number of rotatable bonds is 6. The maximum Gasteiger partial charge on any atom is 0.266 e. The number of hydrogen-bond donors (Lipinski definition) is 1. The van der Waals surface area contributed by atoms with Crippen LogP contribution in [-0.2, 0) is 4.79 Å². The molecule has 0 atom stereocenters. The molecule has 0 aliphatic carbocycles. The molecule has 2 aromatic rings. The lowest BCUT2D eigenvalue weighted by atomic mass is 10.1. The SMILES string of the molecule is COc1cc(/C=C(/C#N)C(=O)Nc2ccc(Cl)cc2)cc(I)c1OCC#N. The van der Waals surface area contributed by atoms with Crippen molar-refractivity contribution < 1.29 is 14.3 Å². The molecule has 8 heteroatoms. The predicted octanol–water partition coefficient (Wildman–Crippen LogP) is 4.40. The number of nitrogens with one attached hydrogen (secondary N) is 1. The van der Waals surface area contributed by atoms with Gasteiger partial charge in [0, 0.05) is 10.7 Å². The van der Waals surface area contributed by atoms with E-state index in [1.807, 2.05) is 34.7 Å². The van der Waals surface area contributed by atoms with Gasteiger partial charge >= 0.3 is 0 Å². The van der Waals surface area contributed by atoms with Crippen LogP contribution in [0.3, 0.4) is 0 Å². The zero-order valence-electron chi connectivity index (χ0n) is 14.1. The topological polar surface area (TPSA) is 95.1 Å². The number of methoxy groups -OCH3 is 1. The van der Waals surface area contributed by atoms with Gasteiger partial charge in [-0.1, -0.05) is 11.6 Å². The molecule has 0 spiro atoms. The second-order valence-electron chi connectivity index (χ2n) is 5.11. The van der Waals surface area contributed by atoms with Crippen LogP contribution in [0.4, 0.5) is 5.69 Å². The first-order valence-electron chi connectivity index (χ1n) is 7.54. The molecule has 27 heavy (non-hydrogen) atoms. The summed E-state index contributed by atoms with van der Waals surface area (Å²) in [7, 11) is 1.47. The Bertz CT molecular complexity index is 960. The Hall–Kier alpha value is -2.75. The summed E-state index contributed by atoms with van der Waals surface area (Å²) in [5.74, 6) is 0.290. The Morgan fingerprint density at radius 1 is 1.30 bits per heavy atom. The fourth-order valence-electron chi connectivity index (χ4n) is 2.11. The molecule has 0 aliphatic heterocycles. The number of halogens is 2. The molecule has 2 aromatic carbocycles. The Balaban J connectivity index is 2.29. The van der Waals surface area contributed by atoms with E-state index >= 15 is 0 Å². The van der Waals surface area contributed by atoms with Crippen molar-refractivity contribution >= 4 is 51.9 Å². The summed E-state index contributed by atoms with van der Waals surface area (Å²) in [5.41, 5.74) is 1.04. The van der Waals surface area contributed by atoms with E-state index in [1.54, 1.807) is 36.4 Å². The zero-order valence-corrected chi connectivity index (χ0v) is 17.0. The van der Waals surface area contributed by atoms with Crippen molar-refractivity contribution in [3.05, 3.63) is 56.1 Å². The van der Waals surface area contributed by atoms with Gasteiger partial charge in [0.25, 0.3) is 5.91 Å². The van der Waals surface area contributed by atoms with Crippen molar-refractivity contribution in [1.29, 1.82) is 10.5 Å². The molecule has 0 heterocycles. The van der Waals surface area contributed by atoms with Crippen molar-refractivity contribution in [1.82, 2.24) is 0 Å². The lowest BCUT2D eigenvalue weighted by Gasteiger charge is -2.12. The lowest BCUT2D eigenvalue weighted by molar-refractivity contribution is -0.112. The summed E-state index contributed by atoms with van der Waals surface area (Å²) in [4.78, 5) is 12.4. The molecule has 0 fully saturated rings. The van der Waals surface area contributed by atoms with Gasteiger partial charge in [-0.2, -0.15) is 10.5 Å². The van der Waals surface area contributed by atoms with E-state index < -0.39 is 5.91 Å². The number of carbonyl (C=O) groups is 1. The van der Waals surface area contributed by atoms with Gasteiger partial charge in [-0.15, -0.1) is 0 Å². The largest absolute Gasteiger partial charge is 0.493 e. The average molecular weight is 494 g/mol. The van der Waals surface area contributed by atoms with Crippen LogP contribution in [0.15, 0.2) is 42.0 Å². The Morgan fingerprint density at radius 2 is 2.00 bits per heavy atom. The minimum absolute atomic E-state index is 0.0755. The second-order valence-corrected chi connectivity index (χ2v) is 6.71. The highest BCUT2D eigenvalue weighted by atomic mass is 127. The Labute approximate surface area is 175 Å².